The van der Waals surface area contributed by atoms with Crippen molar-refractivity contribution >= 4 is 0 Å². The number of hydrogen-bond acceptors (Lipinski definition) is 3. The summed E-state index contributed by atoms with van der Waals surface area (Å²) >= 11 is 0. The molecule has 1 N–H and O–H groups in total. The highest BCUT2D eigenvalue weighted by molar-refractivity contribution is 5.40. The maximum atomic E-state index is 12.8. The number of hydrogen-bond donors (Lipinski definition) is 1. The van der Waals surface area contributed by atoms with Crippen LogP contribution in [0.1, 0.15) is 23.6 Å². The molecule has 1 atom stereocenters. The quantitative estimate of drug-likeness (QED) is 0.898. The monoisotopic (exact) mass is 277 g/mol. The molecule has 0 saturated carbocycles. The Bertz CT molecular complexity index is 419. The fourth-order valence-electron chi connectivity index (χ4n) is 1.99. The first-order chi connectivity index (χ1) is 8.81. The zero-order valence-corrected chi connectivity index (χ0v) is 11.2. The van der Waals surface area contributed by atoms with E-state index in [0.29, 0.717) is 17.7 Å². The molecule has 0 aliphatic carbocycles. The first-order valence-corrected chi connectivity index (χ1v) is 5.83. The Morgan fingerprint density at radius 3 is 2.37 bits per heavy atom. The van der Waals surface area contributed by atoms with Gasteiger partial charge in [0.15, 0.2) is 0 Å². The van der Waals surface area contributed by atoms with E-state index in [4.69, 9.17) is 9.84 Å². The minimum Gasteiger partial charge on any atom is -0.496 e. The van der Waals surface area contributed by atoms with Gasteiger partial charge in [-0.2, -0.15) is 13.2 Å². The van der Waals surface area contributed by atoms with Crippen molar-refractivity contribution in [1.82, 2.24) is 4.90 Å². The van der Waals surface area contributed by atoms with Crippen LogP contribution in [0.5, 0.6) is 5.75 Å². The minimum absolute atomic E-state index is 0.109. The second-order valence-electron chi connectivity index (χ2n) is 4.45. The summed E-state index contributed by atoms with van der Waals surface area (Å²) in [6, 6.07) is 3.06. The molecule has 0 aromatic heterocycles. The first-order valence-electron chi connectivity index (χ1n) is 5.83. The summed E-state index contributed by atoms with van der Waals surface area (Å²) in [6.45, 7) is -0.109. The lowest BCUT2D eigenvalue weighted by Gasteiger charge is -2.26. The fraction of sp³-hybridized carbons (Fsp3) is 0.538. The predicted molar refractivity (Wildman–Crippen MR) is 66.1 cm³/mol. The predicted octanol–water partition coefficient (Wildman–Crippen LogP) is 2.70. The molecule has 1 rings (SSSR count). The average Bonchev–Trinajstić information content (AvgIpc) is 2.33. The van der Waals surface area contributed by atoms with Gasteiger partial charge in [0.2, 0.25) is 0 Å². The summed E-state index contributed by atoms with van der Waals surface area (Å²) in [5.41, 5.74) is -0.288. The number of rotatable bonds is 5. The van der Waals surface area contributed by atoms with Gasteiger partial charge in [-0.1, -0.05) is 0 Å². The van der Waals surface area contributed by atoms with Crippen molar-refractivity contribution < 1.29 is 23.0 Å². The van der Waals surface area contributed by atoms with Crippen molar-refractivity contribution in [2.24, 2.45) is 0 Å². The lowest BCUT2D eigenvalue weighted by molar-refractivity contribution is -0.137. The van der Waals surface area contributed by atoms with Gasteiger partial charge in [-0.05, 0) is 38.7 Å². The molecule has 1 aromatic carbocycles. The van der Waals surface area contributed by atoms with E-state index in [2.05, 4.69) is 0 Å². The summed E-state index contributed by atoms with van der Waals surface area (Å²) in [7, 11) is 4.91. The summed E-state index contributed by atoms with van der Waals surface area (Å²) in [5.74, 6) is 0.389. The lowest BCUT2D eigenvalue weighted by Crippen LogP contribution is -2.22. The molecule has 0 radical (unpaired) electrons. The van der Waals surface area contributed by atoms with Crippen LogP contribution in [0.4, 0.5) is 13.2 Å². The molecule has 0 saturated heterocycles. The van der Waals surface area contributed by atoms with Crippen molar-refractivity contribution in [3.05, 3.63) is 29.3 Å². The van der Waals surface area contributed by atoms with Gasteiger partial charge in [-0.3, -0.25) is 0 Å². The largest absolute Gasteiger partial charge is 0.496 e. The van der Waals surface area contributed by atoms with Crippen molar-refractivity contribution in [3.63, 3.8) is 0 Å². The standard InChI is InChI=1S/C13H18F3NO2/c1-17(2)11(6-7-18)10-8-9(13(14,15)16)4-5-12(10)19-3/h4-5,8,11,18H,6-7H2,1-3H3. The van der Waals surface area contributed by atoms with Crippen LogP contribution in [-0.4, -0.2) is 37.8 Å². The Hall–Kier alpha value is -1.27. The number of aliphatic hydroxyl groups excluding tert-OH is 1. The molecular weight excluding hydrogens is 259 g/mol. The smallest absolute Gasteiger partial charge is 0.416 e. The summed E-state index contributed by atoms with van der Waals surface area (Å²) in [6.07, 6.45) is -4.05. The number of halogens is 3. The molecule has 0 aliphatic heterocycles. The Morgan fingerprint density at radius 1 is 1.32 bits per heavy atom. The van der Waals surface area contributed by atoms with E-state index in [-0.39, 0.29) is 12.6 Å². The third kappa shape index (κ3) is 3.84. The summed E-state index contributed by atoms with van der Waals surface area (Å²) in [5, 5.41) is 9.05. The third-order valence-corrected chi connectivity index (χ3v) is 2.94. The Labute approximate surface area is 110 Å². The zero-order chi connectivity index (χ0) is 14.6. The van der Waals surface area contributed by atoms with Crippen LogP contribution < -0.4 is 4.74 Å². The number of aliphatic hydroxyl groups is 1. The van der Waals surface area contributed by atoms with Crippen LogP contribution in [0.15, 0.2) is 18.2 Å². The lowest BCUT2D eigenvalue weighted by atomic mass is 9.99. The molecule has 0 spiro atoms. The van der Waals surface area contributed by atoms with Gasteiger partial charge in [0.1, 0.15) is 5.75 Å². The first kappa shape index (κ1) is 15.8. The number of alkyl halides is 3. The number of methoxy groups -OCH3 is 1. The van der Waals surface area contributed by atoms with E-state index < -0.39 is 11.7 Å². The fourth-order valence-corrected chi connectivity index (χ4v) is 1.99. The SMILES string of the molecule is COc1ccc(C(F)(F)F)cc1C(CCO)N(C)C. The van der Waals surface area contributed by atoms with E-state index in [9.17, 15) is 13.2 Å². The second-order valence-corrected chi connectivity index (χ2v) is 4.45. The van der Waals surface area contributed by atoms with Gasteiger partial charge in [-0.15, -0.1) is 0 Å². The topological polar surface area (TPSA) is 32.7 Å². The molecular formula is C13H18F3NO2. The van der Waals surface area contributed by atoms with Crippen LogP contribution >= 0.6 is 0 Å². The molecule has 0 bridgehead atoms. The molecule has 19 heavy (non-hydrogen) atoms. The highest BCUT2D eigenvalue weighted by atomic mass is 19.4. The number of ether oxygens (including phenoxy) is 1. The van der Waals surface area contributed by atoms with Crippen molar-refractivity contribution in [1.29, 1.82) is 0 Å². The second kappa shape index (κ2) is 6.25. The van der Waals surface area contributed by atoms with E-state index >= 15 is 0 Å². The van der Waals surface area contributed by atoms with Gasteiger partial charge in [0, 0.05) is 18.2 Å². The zero-order valence-electron chi connectivity index (χ0n) is 11.2. The van der Waals surface area contributed by atoms with Crippen molar-refractivity contribution in [2.45, 2.75) is 18.6 Å². The average molecular weight is 277 g/mol. The molecule has 1 unspecified atom stereocenters. The van der Waals surface area contributed by atoms with E-state index in [1.807, 2.05) is 0 Å². The van der Waals surface area contributed by atoms with Gasteiger partial charge in [0.25, 0.3) is 0 Å². The van der Waals surface area contributed by atoms with Crippen LogP contribution in [0, 0.1) is 0 Å². The maximum absolute atomic E-state index is 12.8. The van der Waals surface area contributed by atoms with E-state index in [0.717, 1.165) is 12.1 Å². The maximum Gasteiger partial charge on any atom is 0.416 e. The van der Waals surface area contributed by atoms with E-state index in [1.165, 1.54) is 13.2 Å². The number of nitrogens with zero attached hydrogens (tertiary/aromatic N) is 1. The normalized spacial score (nSPS) is 13.7. The van der Waals surface area contributed by atoms with Crippen LogP contribution in [0.25, 0.3) is 0 Å². The summed E-state index contributed by atoms with van der Waals surface area (Å²) in [4.78, 5) is 1.76. The Kier molecular flexibility index (Phi) is 5.20. The van der Waals surface area contributed by atoms with Gasteiger partial charge < -0.3 is 14.7 Å². The van der Waals surface area contributed by atoms with E-state index in [1.54, 1.807) is 19.0 Å². The molecule has 108 valence electrons. The third-order valence-electron chi connectivity index (χ3n) is 2.94. The number of benzene rings is 1. The van der Waals surface area contributed by atoms with Crippen molar-refractivity contribution in [2.75, 3.05) is 27.8 Å². The van der Waals surface area contributed by atoms with Crippen LogP contribution in [0.2, 0.25) is 0 Å². The van der Waals surface area contributed by atoms with Gasteiger partial charge in [0.05, 0.1) is 12.7 Å². The highest BCUT2D eigenvalue weighted by Crippen LogP contribution is 2.36. The molecule has 6 heteroatoms. The molecule has 0 fully saturated rings. The molecule has 3 nitrogen and oxygen atoms in total. The summed E-state index contributed by atoms with van der Waals surface area (Å²) < 4.78 is 43.4. The van der Waals surface area contributed by atoms with Gasteiger partial charge >= 0.3 is 6.18 Å². The van der Waals surface area contributed by atoms with Crippen LogP contribution in [0.3, 0.4) is 0 Å². The van der Waals surface area contributed by atoms with Crippen LogP contribution in [-0.2, 0) is 6.18 Å². The molecule has 0 heterocycles. The molecule has 0 aliphatic rings. The molecule has 1 aromatic rings. The highest BCUT2D eigenvalue weighted by Gasteiger charge is 2.32. The molecule has 0 amide bonds. The van der Waals surface area contributed by atoms with Gasteiger partial charge in [-0.25, -0.2) is 0 Å². The van der Waals surface area contributed by atoms with Crippen molar-refractivity contribution in [3.8, 4) is 5.75 Å². The minimum atomic E-state index is -4.39. The Morgan fingerprint density at radius 2 is 1.95 bits per heavy atom. The Balaban J connectivity index is 3.28.